The van der Waals surface area contributed by atoms with Gasteiger partial charge in [-0.3, -0.25) is 0 Å². The van der Waals surface area contributed by atoms with Gasteiger partial charge >= 0.3 is 0 Å². The third-order valence-electron chi connectivity index (χ3n) is 1.97. The van der Waals surface area contributed by atoms with Crippen molar-refractivity contribution in [3.05, 3.63) is 0 Å². The molecule has 0 heterocycles. The van der Waals surface area contributed by atoms with Crippen LogP contribution in [0.1, 0.15) is 13.8 Å². The van der Waals surface area contributed by atoms with Crippen LogP contribution >= 0.6 is 0 Å². The van der Waals surface area contributed by atoms with Crippen molar-refractivity contribution >= 4 is 0 Å². The first-order valence-electron chi connectivity index (χ1n) is 4.20. The fraction of sp³-hybridized carbons (Fsp3) is 1.00. The monoisotopic (exact) mass is 162 g/mol. The maximum absolute atomic E-state index is 5.80. The molecule has 0 aromatic carbocycles. The molecule has 11 heavy (non-hydrogen) atoms. The van der Waals surface area contributed by atoms with Crippen molar-refractivity contribution in [1.29, 1.82) is 0 Å². The molecule has 0 aliphatic rings. The molecule has 0 saturated heterocycles. The second-order valence-corrected chi connectivity index (χ2v) is 3.86. The topological polar surface area (TPSA) is 9.23 Å². The fourth-order valence-electron chi connectivity index (χ4n) is 0.714. The van der Waals surface area contributed by atoms with Gasteiger partial charge in [-0.2, -0.15) is 0 Å². The lowest BCUT2D eigenvalue weighted by atomic mass is 10.6. The van der Waals surface area contributed by atoms with E-state index in [1.807, 2.05) is 0 Å². The maximum Gasteiger partial charge on any atom is 0.111 e. The van der Waals surface area contributed by atoms with Gasteiger partial charge in [0.05, 0.1) is 0 Å². The first kappa shape index (κ1) is 10.9. The Bertz CT molecular complexity index is 107. The summed E-state index contributed by atoms with van der Waals surface area (Å²) in [4.78, 5) is 5.80. The van der Waals surface area contributed by atoms with Crippen LogP contribution in [-0.4, -0.2) is 50.6 Å². The summed E-state index contributed by atoms with van der Waals surface area (Å²) in [6, 6.07) is 0. The average molecular weight is 162 g/mol. The Kier molecular flexibility index (Phi) is 3.48. The molecule has 0 rings (SSSR count). The van der Waals surface area contributed by atoms with Gasteiger partial charge in [0, 0.05) is 0 Å². The largest absolute Gasteiger partial charge is 0.133 e. The molecule has 3 nitrogen and oxygen atoms in total. The number of nitrogens with zero attached hydrogens (tertiary/aromatic N) is 2. The van der Waals surface area contributed by atoms with Crippen molar-refractivity contribution in [1.82, 2.24) is 0 Å². The van der Waals surface area contributed by atoms with Gasteiger partial charge in [0.15, 0.2) is 0 Å². The smallest absolute Gasteiger partial charge is 0.111 e. The summed E-state index contributed by atoms with van der Waals surface area (Å²) in [5.41, 5.74) is 0. The van der Waals surface area contributed by atoms with Gasteiger partial charge in [0.2, 0.25) is 0 Å². The minimum atomic E-state index is 0.612. The third kappa shape index (κ3) is 4.35. The van der Waals surface area contributed by atoms with Gasteiger partial charge in [-0.25, -0.2) is 0 Å². The highest BCUT2D eigenvalue weighted by molar-refractivity contribution is 4.05. The number of hydrogen-bond acceptors (Lipinski definition) is 1. The number of rotatable bonds is 4. The summed E-state index contributed by atoms with van der Waals surface area (Å²) in [5.74, 6) is 0. The molecule has 0 aliphatic carbocycles. The lowest BCUT2D eigenvalue weighted by Crippen LogP contribution is -2.53. The predicted octanol–water partition coefficient (Wildman–Crippen LogP) is 1.03. The van der Waals surface area contributed by atoms with Crippen LogP contribution in [0.25, 0.3) is 0 Å². The molecule has 0 unspecified atom stereocenters. The van der Waals surface area contributed by atoms with E-state index < -0.39 is 0 Å². The Labute approximate surface area is 70.3 Å². The molecule has 0 saturated carbocycles. The maximum atomic E-state index is 5.80. The summed E-state index contributed by atoms with van der Waals surface area (Å²) in [6.45, 7) is 6.22. The van der Waals surface area contributed by atoms with Crippen molar-refractivity contribution in [2.75, 3.05) is 41.3 Å². The number of quaternary nitrogens is 2. The van der Waals surface area contributed by atoms with E-state index in [0.717, 1.165) is 13.1 Å². The van der Waals surface area contributed by atoms with Crippen LogP contribution in [0.3, 0.4) is 0 Å². The minimum absolute atomic E-state index is 0.612. The van der Waals surface area contributed by atoms with Crippen molar-refractivity contribution in [2.45, 2.75) is 13.8 Å². The van der Waals surface area contributed by atoms with Crippen LogP contribution in [0, 0.1) is 0 Å². The van der Waals surface area contributed by atoms with E-state index in [-0.39, 0.29) is 0 Å². The van der Waals surface area contributed by atoms with E-state index in [9.17, 15) is 0 Å². The van der Waals surface area contributed by atoms with Gasteiger partial charge in [-0.15, -0.1) is 9.29 Å². The van der Waals surface area contributed by atoms with Crippen LogP contribution in [0.15, 0.2) is 0 Å². The van der Waals surface area contributed by atoms with E-state index in [1.165, 1.54) is 0 Å². The highest BCUT2D eigenvalue weighted by Crippen LogP contribution is 2.07. The molecule has 0 aliphatic heterocycles. The normalized spacial score (nSPS) is 13.6. The number of hydrogen-bond donors (Lipinski definition) is 0. The van der Waals surface area contributed by atoms with Crippen LogP contribution in [0.5, 0.6) is 0 Å². The lowest BCUT2D eigenvalue weighted by molar-refractivity contribution is -1.32. The molecule has 0 aromatic rings. The molecule has 0 bridgehead atoms. The van der Waals surface area contributed by atoms with E-state index in [2.05, 4.69) is 42.0 Å². The second kappa shape index (κ2) is 3.52. The molecule has 0 atom stereocenters. The SMILES string of the molecule is CC[N+](C)(C)O[N+](C)(C)CC. The van der Waals surface area contributed by atoms with Crippen LogP contribution in [0.4, 0.5) is 0 Å². The first-order chi connectivity index (χ1) is 4.83. The molecule has 3 heteroatoms. The zero-order chi connectivity index (χ0) is 9.12. The molecular weight excluding hydrogens is 140 g/mol. The van der Waals surface area contributed by atoms with Gasteiger partial charge in [-0.1, -0.05) is 0 Å². The first-order valence-corrected chi connectivity index (χ1v) is 4.20. The van der Waals surface area contributed by atoms with E-state index in [1.54, 1.807) is 0 Å². The molecule has 0 fully saturated rings. The zero-order valence-electron chi connectivity index (χ0n) is 8.72. The Hall–Kier alpha value is -0.120. The molecule has 0 spiro atoms. The summed E-state index contributed by atoms with van der Waals surface area (Å²) in [6.07, 6.45) is 0. The molecule has 0 amide bonds. The van der Waals surface area contributed by atoms with Crippen molar-refractivity contribution < 1.29 is 14.2 Å². The highest BCUT2D eigenvalue weighted by atomic mass is 16.9. The van der Waals surface area contributed by atoms with E-state index in [0.29, 0.717) is 9.29 Å². The number of hydroxylamine groups is 6. The van der Waals surface area contributed by atoms with Crippen molar-refractivity contribution in [2.24, 2.45) is 0 Å². The van der Waals surface area contributed by atoms with Gasteiger partial charge < -0.3 is 0 Å². The van der Waals surface area contributed by atoms with Gasteiger partial charge in [0.1, 0.15) is 41.3 Å². The molecular formula is C8H22N2O+2. The van der Waals surface area contributed by atoms with Gasteiger partial charge in [-0.05, 0) is 18.8 Å². The fourth-order valence-corrected chi connectivity index (χ4v) is 0.714. The van der Waals surface area contributed by atoms with Crippen LogP contribution < -0.4 is 0 Å². The third-order valence-corrected chi connectivity index (χ3v) is 1.97. The van der Waals surface area contributed by atoms with Crippen LogP contribution in [-0.2, 0) is 4.94 Å². The van der Waals surface area contributed by atoms with E-state index >= 15 is 0 Å². The zero-order valence-corrected chi connectivity index (χ0v) is 8.72. The molecule has 0 aromatic heterocycles. The van der Waals surface area contributed by atoms with Gasteiger partial charge in [0.25, 0.3) is 0 Å². The van der Waals surface area contributed by atoms with Crippen LogP contribution in [0.2, 0.25) is 0 Å². The second-order valence-electron chi connectivity index (χ2n) is 3.86. The van der Waals surface area contributed by atoms with Crippen molar-refractivity contribution in [3.63, 3.8) is 0 Å². The standard InChI is InChI=1S/C8H22N2O/c1-7-9(3,4)11-10(5,6)8-2/h7-8H2,1-6H3/q+2. The summed E-state index contributed by atoms with van der Waals surface area (Å²) >= 11 is 0. The Morgan fingerprint density at radius 1 is 0.818 bits per heavy atom. The summed E-state index contributed by atoms with van der Waals surface area (Å²) in [7, 11) is 8.26. The Balaban J connectivity index is 4.02. The summed E-state index contributed by atoms with van der Waals surface area (Å²) in [5, 5.41) is 0. The summed E-state index contributed by atoms with van der Waals surface area (Å²) < 4.78 is 1.22. The molecule has 0 N–H and O–H groups in total. The predicted molar refractivity (Wildman–Crippen MR) is 46.4 cm³/mol. The lowest BCUT2D eigenvalue weighted by Gasteiger charge is -2.32. The quantitative estimate of drug-likeness (QED) is 0.443. The van der Waals surface area contributed by atoms with E-state index in [4.69, 9.17) is 4.94 Å². The Morgan fingerprint density at radius 2 is 1.09 bits per heavy atom. The minimum Gasteiger partial charge on any atom is -0.133 e. The highest BCUT2D eigenvalue weighted by Gasteiger charge is 2.27. The molecule has 68 valence electrons. The molecule has 0 radical (unpaired) electrons. The average Bonchev–Trinajstić information content (AvgIpc) is 1.86. The Morgan fingerprint density at radius 3 is 1.27 bits per heavy atom. The van der Waals surface area contributed by atoms with Crippen molar-refractivity contribution in [3.8, 4) is 0 Å².